The Morgan fingerprint density at radius 2 is 0.796 bits per heavy atom. The maximum Gasteiger partial charge on any atom is 0.299 e. The number of H-pyrrole nitrogens is 1. The zero-order valence-corrected chi connectivity index (χ0v) is 72.5. The van der Waals surface area contributed by atoms with E-state index < -0.39 is 0 Å². The van der Waals surface area contributed by atoms with Crippen LogP contribution >= 0.6 is 91.8 Å². The number of benzene rings is 5. The normalized spacial score (nSPS) is 20.5. The van der Waals surface area contributed by atoms with Gasteiger partial charge < -0.3 is 41.0 Å². The molecule has 594 valence electrons. The summed E-state index contributed by atoms with van der Waals surface area (Å²) in [6, 6.07) is 53.6. The Kier molecular flexibility index (Phi) is 29.9. The fourth-order valence-corrected chi connectivity index (χ4v) is 22.4. The number of aryl methyl sites for hydroxylation is 5. The number of alkyl halides is 4. The van der Waals surface area contributed by atoms with Crippen LogP contribution in [0.1, 0.15) is 211 Å². The standard InChI is InChI=1S/2C20H25ClN2OS.C18H18N2O.2C17H18ClNOS/c1-3-4-5-16-10-17-13(2)12-25-20(17)19(23(16)18(24)11-21)14-6-8-15(22)9-7-14;1-3-4-5-17-11-15-10-13(2)25-20(15)19(23(17)18(24)12-21)14-6-8-16(22)9-7-14;1-4-16(21)20-13(3)11-15-10-12(2)19-17(15)18(20)14-8-6-5-7-9-14;1-11-10-21-17-14(11)8-12(2)19(15(20)9-18)16(17)13-6-4-3-5-7-13;1-11-8-14-9-12(2)21-17(14)16(19(11)15(20)10-18)13-6-4-3-5-7-13/h6-9,12,16,19H,3-5,10-11,22H2,1-2H3;6-10,17,19H,3-5,11-12,22H2,1-2H3;1,5-10,13,18-19H,11H2,2-3H3;3-7,10,12,16H,8-9H2,1-2H3;3-7,9,11,16H,8,10H2,1-2H3/t16-,19-;17-,19-;13-,18-;12-,16-;11-,16-/m00000/s1. The number of hydrogen-bond acceptors (Lipinski definition) is 11. The molecule has 0 aliphatic carbocycles. The van der Waals surface area contributed by atoms with Crippen LogP contribution in [-0.2, 0) is 56.1 Å². The number of aromatic nitrogens is 1. The van der Waals surface area contributed by atoms with Crippen LogP contribution in [0.2, 0.25) is 0 Å². The number of thiophene rings is 4. The average Bonchev–Trinajstić information content (AvgIpc) is 1.75. The lowest BCUT2D eigenvalue weighted by Crippen LogP contribution is -2.48. The lowest BCUT2D eigenvalue weighted by Gasteiger charge is -2.42. The average molecular weight is 1670 g/mol. The summed E-state index contributed by atoms with van der Waals surface area (Å²) in [7, 11) is 0. The lowest BCUT2D eigenvalue weighted by molar-refractivity contribution is -0.134. The van der Waals surface area contributed by atoms with Gasteiger partial charge in [-0.1, -0.05) is 155 Å². The summed E-state index contributed by atoms with van der Waals surface area (Å²) in [4.78, 5) is 83.5. The number of carbonyl (C=O) groups is 5. The number of carbonyl (C=O) groups excluding carboxylic acids is 5. The number of terminal acetylenes is 1. The van der Waals surface area contributed by atoms with E-state index in [1.54, 1.807) is 45.3 Å². The molecule has 0 unspecified atom stereocenters. The molecule has 5 aliphatic heterocycles. The second-order valence-electron chi connectivity index (χ2n) is 30.2. The molecule has 15 rings (SSSR count). The molecular formula is C92H104Cl4N8O5S4. The number of fused-ring (bicyclic) bond motifs is 5. The number of hydrogen-bond donors (Lipinski definition) is 3. The quantitative estimate of drug-likeness (QED) is 0.0521. The molecule has 10 aromatic rings. The minimum Gasteiger partial charge on any atom is -0.399 e. The molecule has 0 spiro atoms. The van der Waals surface area contributed by atoms with Gasteiger partial charge in [0.05, 0.1) is 30.2 Å². The Labute approximate surface area is 704 Å². The molecule has 5 aromatic heterocycles. The zero-order valence-electron chi connectivity index (χ0n) is 66.2. The second kappa shape index (κ2) is 39.5. The van der Waals surface area contributed by atoms with Gasteiger partial charge in [-0.2, -0.15) is 0 Å². The Bertz CT molecular complexity index is 4790. The van der Waals surface area contributed by atoms with Crippen molar-refractivity contribution in [2.45, 2.75) is 200 Å². The topological polar surface area (TPSA) is 169 Å². The number of rotatable bonds is 15. The summed E-state index contributed by atoms with van der Waals surface area (Å²) in [6.07, 6.45) is 16.4. The molecule has 13 nitrogen and oxygen atoms in total. The molecule has 113 heavy (non-hydrogen) atoms. The number of unbranched alkanes of at least 4 members (excludes halogenated alkanes) is 2. The van der Waals surface area contributed by atoms with Crippen LogP contribution in [0.3, 0.4) is 0 Å². The number of nitrogens with zero attached hydrogens (tertiary/aromatic N) is 5. The monoisotopic (exact) mass is 1670 g/mol. The van der Waals surface area contributed by atoms with Crippen molar-refractivity contribution in [1.29, 1.82) is 0 Å². The van der Waals surface area contributed by atoms with E-state index in [0.29, 0.717) is 0 Å². The van der Waals surface area contributed by atoms with Crippen LogP contribution < -0.4 is 11.5 Å². The number of aromatic amines is 1. The fourth-order valence-electron chi connectivity index (χ4n) is 17.1. The van der Waals surface area contributed by atoms with Crippen molar-refractivity contribution < 1.29 is 24.0 Å². The third kappa shape index (κ3) is 19.4. The van der Waals surface area contributed by atoms with Crippen LogP contribution in [0.5, 0.6) is 0 Å². The molecule has 5 aliphatic rings. The van der Waals surface area contributed by atoms with Crippen LogP contribution in [0.4, 0.5) is 11.4 Å². The molecule has 0 saturated heterocycles. The van der Waals surface area contributed by atoms with Gasteiger partial charge in [0, 0.05) is 82.2 Å². The highest BCUT2D eigenvalue weighted by atomic mass is 35.5. The summed E-state index contributed by atoms with van der Waals surface area (Å²) in [5.74, 6) is 2.18. The van der Waals surface area contributed by atoms with E-state index >= 15 is 0 Å². The van der Waals surface area contributed by atoms with E-state index in [9.17, 15) is 24.0 Å². The third-order valence-corrected chi connectivity index (χ3v) is 27.8. The van der Waals surface area contributed by atoms with Crippen molar-refractivity contribution in [1.82, 2.24) is 29.5 Å². The number of nitrogens with one attached hydrogen (secondary N) is 1. The molecular weight excluding hydrogens is 1570 g/mol. The number of halogens is 4. The van der Waals surface area contributed by atoms with Gasteiger partial charge in [0.2, 0.25) is 23.6 Å². The van der Waals surface area contributed by atoms with Crippen LogP contribution in [0.25, 0.3) is 0 Å². The van der Waals surface area contributed by atoms with Crippen molar-refractivity contribution in [3.8, 4) is 12.3 Å². The Morgan fingerprint density at radius 1 is 0.442 bits per heavy atom. The van der Waals surface area contributed by atoms with Gasteiger partial charge in [-0.15, -0.1) is 98.2 Å². The van der Waals surface area contributed by atoms with Gasteiger partial charge in [-0.3, -0.25) is 24.0 Å². The summed E-state index contributed by atoms with van der Waals surface area (Å²) < 4.78 is 0. The number of amides is 5. The zero-order chi connectivity index (χ0) is 80.9. The summed E-state index contributed by atoms with van der Waals surface area (Å²) in [6.45, 7) is 21.3. The summed E-state index contributed by atoms with van der Waals surface area (Å²) in [5, 5.41) is 4.41. The van der Waals surface area contributed by atoms with E-state index in [1.807, 2.05) is 147 Å². The largest absolute Gasteiger partial charge is 0.399 e. The Morgan fingerprint density at radius 3 is 1.23 bits per heavy atom. The molecule has 0 radical (unpaired) electrons. The van der Waals surface area contributed by atoms with Crippen molar-refractivity contribution >= 4 is 133 Å². The molecule has 10 atom stereocenters. The molecule has 21 heteroatoms. The molecule has 5 amide bonds. The van der Waals surface area contributed by atoms with Gasteiger partial charge in [0.25, 0.3) is 5.91 Å². The van der Waals surface area contributed by atoms with Gasteiger partial charge in [0.15, 0.2) is 0 Å². The third-order valence-electron chi connectivity index (χ3n) is 22.2. The molecule has 0 saturated carbocycles. The van der Waals surface area contributed by atoms with E-state index in [4.69, 9.17) is 64.3 Å². The smallest absolute Gasteiger partial charge is 0.299 e. The van der Waals surface area contributed by atoms with Crippen molar-refractivity contribution in [3.05, 3.63) is 276 Å². The van der Waals surface area contributed by atoms with Gasteiger partial charge in [-0.05, 0) is 226 Å². The first-order valence-corrected chi connectivity index (χ1v) is 44.6. The van der Waals surface area contributed by atoms with E-state index in [1.165, 1.54) is 68.2 Å². The van der Waals surface area contributed by atoms with Gasteiger partial charge in [0.1, 0.15) is 23.5 Å². The molecule has 5 N–H and O–H groups in total. The highest BCUT2D eigenvalue weighted by Crippen LogP contribution is 2.48. The first-order chi connectivity index (χ1) is 54.5. The fraction of sp³-hybridized carbons (Fsp3) is 0.380. The first-order valence-electron chi connectivity index (χ1n) is 39.1. The van der Waals surface area contributed by atoms with Crippen LogP contribution in [0.15, 0.2) is 168 Å². The van der Waals surface area contributed by atoms with Gasteiger partial charge in [-0.25, -0.2) is 0 Å². The van der Waals surface area contributed by atoms with Gasteiger partial charge >= 0.3 is 0 Å². The van der Waals surface area contributed by atoms with E-state index in [0.717, 1.165) is 121 Å². The van der Waals surface area contributed by atoms with Crippen molar-refractivity contribution in [3.63, 3.8) is 0 Å². The van der Waals surface area contributed by atoms with Crippen molar-refractivity contribution in [2.24, 2.45) is 0 Å². The lowest BCUT2D eigenvalue weighted by atomic mass is 9.87. The maximum absolute atomic E-state index is 12.8. The highest BCUT2D eigenvalue weighted by molar-refractivity contribution is 7.12. The molecule has 0 fully saturated rings. The predicted octanol–water partition coefficient (Wildman–Crippen LogP) is 21.0. The maximum atomic E-state index is 12.8. The first kappa shape index (κ1) is 85.7. The van der Waals surface area contributed by atoms with Crippen molar-refractivity contribution in [2.75, 3.05) is 35.0 Å². The summed E-state index contributed by atoms with van der Waals surface area (Å²) >= 11 is 30.7. The minimum atomic E-state index is -0.255. The molecule has 0 bridgehead atoms. The summed E-state index contributed by atoms with van der Waals surface area (Å²) in [5.41, 5.74) is 30.5. The minimum absolute atomic E-state index is 0.00472. The van der Waals surface area contributed by atoms with Crippen LogP contribution in [-0.4, -0.2) is 113 Å². The second-order valence-corrected chi connectivity index (χ2v) is 35.7. The Balaban J connectivity index is 0.000000140. The molecule has 10 heterocycles. The number of nitrogen functional groups attached to an aromatic ring is 2. The predicted molar refractivity (Wildman–Crippen MR) is 471 cm³/mol. The van der Waals surface area contributed by atoms with E-state index in [-0.39, 0.29) is 113 Å². The number of nitrogens with two attached hydrogens (primary N) is 2. The van der Waals surface area contributed by atoms with E-state index in [2.05, 4.69) is 126 Å². The SMILES string of the molecule is C#CC(=O)N1[C@@H](c2ccccc2)c2[nH]c(C)cc2C[C@@H]1C.CCCC[C@H]1Cc2c(C)csc2[C@H](c2ccc(N)cc2)N1C(=O)CCl.CCCC[C@H]1Cc2cc(C)sc2[C@H](c2ccc(N)cc2)N1C(=O)CCl.Cc1cc2c(s1)[C@H](c1ccccc1)N(C(=O)CCl)[C@@H](C)C2.Cc1csc2c1C[C@H](C)N(C(=O)CCl)[C@H]2c1ccccc1. The number of anilines is 2. The highest BCUT2D eigenvalue weighted by Gasteiger charge is 2.44. The Hall–Kier alpha value is -8.15. The van der Waals surface area contributed by atoms with Crippen LogP contribution in [0, 0.1) is 47.0 Å². The molecule has 5 aromatic carbocycles.